The summed E-state index contributed by atoms with van der Waals surface area (Å²) in [7, 11) is 0. The SMILES string of the molecule is NCc1sc(-c2ccc(F)cc2Cl)nc1C(F)(F)F. The first-order chi connectivity index (χ1) is 8.82. The number of aromatic nitrogens is 1. The molecule has 102 valence electrons. The largest absolute Gasteiger partial charge is 0.434 e. The van der Waals surface area contributed by atoms with Crippen molar-refractivity contribution in [2.75, 3.05) is 0 Å². The summed E-state index contributed by atoms with van der Waals surface area (Å²) < 4.78 is 51.1. The van der Waals surface area contributed by atoms with Crippen LogP contribution < -0.4 is 5.73 Å². The zero-order valence-electron chi connectivity index (χ0n) is 9.26. The molecule has 0 radical (unpaired) electrons. The Labute approximate surface area is 114 Å². The maximum Gasteiger partial charge on any atom is 0.434 e. The zero-order valence-corrected chi connectivity index (χ0v) is 10.8. The molecule has 0 fully saturated rings. The summed E-state index contributed by atoms with van der Waals surface area (Å²) in [6.45, 7) is -0.272. The molecule has 19 heavy (non-hydrogen) atoms. The van der Waals surface area contributed by atoms with Crippen molar-refractivity contribution in [3.63, 3.8) is 0 Å². The molecular formula is C11H7ClF4N2S. The molecule has 0 spiro atoms. The van der Waals surface area contributed by atoms with Crippen LogP contribution in [0.25, 0.3) is 10.6 Å². The van der Waals surface area contributed by atoms with E-state index in [9.17, 15) is 17.6 Å². The number of nitrogens with zero attached hydrogens (tertiary/aromatic N) is 1. The standard InChI is InChI=1S/C11H7ClF4N2S/c12-7-3-5(13)1-2-6(7)10-18-9(11(14,15)16)8(4-17)19-10/h1-3H,4,17H2. The highest BCUT2D eigenvalue weighted by Crippen LogP contribution is 2.39. The minimum absolute atomic E-state index is 0.00560. The Bertz CT molecular complexity index is 609. The summed E-state index contributed by atoms with van der Waals surface area (Å²) in [5.41, 5.74) is 4.51. The molecule has 1 aromatic carbocycles. The number of nitrogens with two attached hydrogens (primary N) is 1. The Morgan fingerprint density at radius 2 is 2.00 bits per heavy atom. The molecule has 0 saturated heterocycles. The Hall–Kier alpha value is -1.18. The van der Waals surface area contributed by atoms with Gasteiger partial charge in [-0.15, -0.1) is 11.3 Å². The Morgan fingerprint density at radius 3 is 2.47 bits per heavy atom. The molecule has 0 aliphatic carbocycles. The quantitative estimate of drug-likeness (QED) is 0.849. The van der Waals surface area contributed by atoms with E-state index in [2.05, 4.69) is 4.98 Å². The highest BCUT2D eigenvalue weighted by molar-refractivity contribution is 7.15. The van der Waals surface area contributed by atoms with Gasteiger partial charge in [-0.1, -0.05) is 11.6 Å². The third-order valence-corrected chi connectivity index (χ3v) is 3.74. The lowest BCUT2D eigenvalue weighted by atomic mass is 10.2. The van der Waals surface area contributed by atoms with E-state index in [-0.39, 0.29) is 27.0 Å². The number of hydrogen-bond acceptors (Lipinski definition) is 3. The van der Waals surface area contributed by atoms with Crippen LogP contribution in [0.15, 0.2) is 18.2 Å². The summed E-state index contributed by atoms with van der Waals surface area (Å²) in [5.74, 6) is -0.569. The van der Waals surface area contributed by atoms with E-state index in [0.29, 0.717) is 0 Å². The number of rotatable bonds is 2. The predicted molar refractivity (Wildman–Crippen MR) is 65.4 cm³/mol. The lowest BCUT2D eigenvalue weighted by Gasteiger charge is -2.03. The van der Waals surface area contributed by atoms with Gasteiger partial charge in [0.05, 0.1) is 9.90 Å². The predicted octanol–water partition coefficient (Wildman–Crippen LogP) is 4.08. The molecule has 0 saturated carbocycles. The molecule has 1 heterocycles. The number of benzene rings is 1. The molecule has 2 rings (SSSR count). The van der Waals surface area contributed by atoms with E-state index >= 15 is 0 Å². The van der Waals surface area contributed by atoms with Gasteiger partial charge in [-0.25, -0.2) is 9.37 Å². The fourth-order valence-electron chi connectivity index (χ4n) is 1.49. The molecule has 0 unspecified atom stereocenters. The van der Waals surface area contributed by atoms with Crippen LogP contribution in [0.1, 0.15) is 10.6 Å². The molecular weight excluding hydrogens is 304 g/mol. The lowest BCUT2D eigenvalue weighted by molar-refractivity contribution is -0.141. The number of alkyl halides is 3. The second kappa shape index (κ2) is 5.07. The second-order valence-electron chi connectivity index (χ2n) is 3.62. The zero-order chi connectivity index (χ0) is 14.2. The Kier molecular flexibility index (Phi) is 3.80. The molecule has 0 atom stereocenters. The summed E-state index contributed by atoms with van der Waals surface area (Å²) in [5, 5.41) is 0.0730. The molecule has 2 nitrogen and oxygen atoms in total. The van der Waals surface area contributed by atoms with Gasteiger partial charge in [0.2, 0.25) is 0 Å². The van der Waals surface area contributed by atoms with Gasteiger partial charge in [-0.3, -0.25) is 0 Å². The van der Waals surface area contributed by atoms with Crippen molar-refractivity contribution in [3.8, 4) is 10.6 Å². The molecule has 0 aliphatic rings. The average Bonchev–Trinajstić information content (AvgIpc) is 2.72. The maximum absolute atomic E-state index is 12.9. The minimum atomic E-state index is -4.57. The van der Waals surface area contributed by atoms with Gasteiger partial charge in [0.25, 0.3) is 0 Å². The van der Waals surface area contributed by atoms with Crippen LogP contribution in [0.4, 0.5) is 17.6 Å². The fraction of sp³-hybridized carbons (Fsp3) is 0.182. The van der Waals surface area contributed by atoms with Crippen molar-refractivity contribution in [2.45, 2.75) is 12.7 Å². The van der Waals surface area contributed by atoms with E-state index in [0.717, 1.165) is 23.5 Å². The van der Waals surface area contributed by atoms with Crippen LogP contribution in [0.5, 0.6) is 0 Å². The smallest absolute Gasteiger partial charge is 0.326 e. The van der Waals surface area contributed by atoms with Gasteiger partial charge in [0.15, 0.2) is 5.69 Å². The van der Waals surface area contributed by atoms with E-state index < -0.39 is 17.7 Å². The summed E-state index contributed by atoms with van der Waals surface area (Å²) in [6.07, 6.45) is -4.57. The molecule has 2 N–H and O–H groups in total. The van der Waals surface area contributed by atoms with Gasteiger partial charge >= 0.3 is 6.18 Å². The van der Waals surface area contributed by atoms with Crippen LogP contribution in [0, 0.1) is 5.82 Å². The van der Waals surface area contributed by atoms with Crippen molar-refractivity contribution in [3.05, 3.63) is 39.6 Å². The third-order valence-electron chi connectivity index (χ3n) is 2.31. The average molecular weight is 311 g/mol. The first kappa shape index (κ1) is 14.2. The fourth-order valence-corrected chi connectivity index (χ4v) is 2.80. The monoisotopic (exact) mass is 310 g/mol. The number of halogens is 5. The Morgan fingerprint density at radius 1 is 1.32 bits per heavy atom. The van der Waals surface area contributed by atoms with E-state index in [1.54, 1.807) is 0 Å². The topological polar surface area (TPSA) is 38.9 Å². The number of thiazole rings is 1. The molecule has 0 amide bonds. The van der Waals surface area contributed by atoms with Crippen LogP contribution in [-0.4, -0.2) is 4.98 Å². The summed E-state index contributed by atoms with van der Waals surface area (Å²) in [4.78, 5) is 3.44. The Balaban J connectivity index is 2.55. The van der Waals surface area contributed by atoms with Crippen LogP contribution >= 0.6 is 22.9 Å². The van der Waals surface area contributed by atoms with Crippen LogP contribution in [-0.2, 0) is 12.7 Å². The van der Waals surface area contributed by atoms with Crippen LogP contribution in [0.2, 0.25) is 5.02 Å². The first-order valence-corrected chi connectivity index (χ1v) is 6.24. The molecule has 0 aliphatic heterocycles. The van der Waals surface area contributed by atoms with Gasteiger partial charge < -0.3 is 5.73 Å². The minimum Gasteiger partial charge on any atom is -0.326 e. The second-order valence-corrected chi connectivity index (χ2v) is 5.11. The van der Waals surface area contributed by atoms with Gasteiger partial charge in [0, 0.05) is 12.1 Å². The van der Waals surface area contributed by atoms with Crippen LogP contribution in [0.3, 0.4) is 0 Å². The van der Waals surface area contributed by atoms with Crippen molar-refractivity contribution < 1.29 is 17.6 Å². The van der Waals surface area contributed by atoms with E-state index in [1.807, 2.05) is 0 Å². The van der Waals surface area contributed by atoms with E-state index in [1.165, 1.54) is 6.07 Å². The molecule has 0 bridgehead atoms. The van der Waals surface area contributed by atoms with Gasteiger partial charge in [-0.2, -0.15) is 13.2 Å². The normalized spacial score (nSPS) is 11.9. The summed E-state index contributed by atoms with van der Waals surface area (Å²) in [6, 6.07) is 3.42. The maximum atomic E-state index is 12.9. The first-order valence-electron chi connectivity index (χ1n) is 5.05. The molecule has 8 heteroatoms. The highest BCUT2D eigenvalue weighted by atomic mass is 35.5. The van der Waals surface area contributed by atoms with E-state index in [4.69, 9.17) is 17.3 Å². The molecule has 1 aromatic heterocycles. The highest BCUT2D eigenvalue weighted by Gasteiger charge is 2.37. The number of hydrogen-bond donors (Lipinski definition) is 1. The van der Waals surface area contributed by atoms with Gasteiger partial charge in [0.1, 0.15) is 10.8 Å². The van der Waals surface area contributed by atoms with Crippen molar-refractivity contribution in [2.24, 2.45) is 5.73 Å². The van der Waals surface area contributed by atoms with Crippen molar-refractivity contribution in [1.82, 2.24) is 4.98 Å². The lowest BCUT2D eigenvalue weighted by Crippen LogP contribution is -2.10. The van der Waals surface area contributed by atoms with Crippen molar-refractivity contribution in [1.29, 1.82) is 0 Å². The third kappa shape index (κ3) is 2.88. The summed E-state index contributed by atoms with van der Waals surface area (Å²) >= 11 is 6.59. The van der Waals surface area contributed by atoms with Crippen molar-refractivity contribution >= 4 is 22.9 Å². The van der Waals surface area contributed by atoms with Gasteiger partial charge in [-0.05, 0) is 18.2 Å². The molecule has 2 aromatic rings.